The summed E-state index contributed by atoms with van der Waals surface area (Å²) in [5, 5.41) is 8.02. The first kappa shape index (κ1) is 37.5. The van der Waals surface area contributed by atoms with Crippen LogP contribution in [0.5, 0.6) is 23.0 Å². The number of benzene rings is 4. The normalized spacial score (nSPS) is 10.9. The molecule has 264 valence electrons. The standard InChI is InChI=1S/C39H40N4O8/c1-48-34-24-28(20-22-32(34)50-38(46)30-14-8-6-9-15-30)26-40-42-36(44)18-12-4-3-5-13-19-37(45)43-41-27-29-21-23-33(35(25-29)49-2)51-39(47)31-16-10-7-11-17-31/h6-11,14-17,20-27H,3-5,12-13,18-19H2,1-2H3,(H,42,44)(H,43,45)/b40-26-,41-27-. The molecule has 0 fully saturated rings. The lowest BCUT2D eigenvalue weighted by atomic mass is 10.1. The molecular weight excluding hydrogens is 652 g/mol. The Morgan fingerprint density at radius 3 is 1.31 bits per heavy atom. The van der Waals surface area contributed by atoms with Crippen molar-refractivity contribution in [3.63, 3.8) is 0 Å². The van der Waals surface area contributed by atoms with Crippen molar-refractivity contribution < 1.29 is 38.1 Å². The van der Waals surface area contributed by atoms with Crippen LogP contribution >= 0.6 is 0 Å². The van der Waals surface area contributed by atoms with Gasteiger partial charge in [-0.05, 0) is 84.6 Å². The summed E-state index contributed by atoms with van der Waals surface area (Å²) in [4.78, 5) is 49.1. The fourth-order valence-electron chi connectivity index (χ4n) is 4.73. The number of hydrazone groups is 2. The molecule has 4 aromatic carbocycles. The zero-order valence-corrected chi connectivity index (χ0v) is 28.5. The lowest BCUT2D eigenvalue weighted by molar-refractivity contribution is -0.121. The van der Waals surface area contributed by atoms with Gasteiger partial charge in [0, 0.05) is 12.8 Å². The molecule has 12 nitrogen and oxygen atoms in total. The van der Waals surface area contributed by atoms with E-state index in [4.69, 9.17) is 18.9 Å². The van der Waals surface area contributed by atoms with Crippen LogP contribution in [0.25, 0.3) is 0 Å². The number of carbonyl (C=O) groups excluding carboxylic acids is 4. The second-order valence-electron chi connectivity index (χ2n) is 11.2. The maximum atomic E-state index is 12.4. The fraction of sp³-hybridized carbons (Fsp3) is 0.231. The van der Waals surface area contributed by atoms with Gasteiger partial charge < -0.3 is 18.9 Å². The molecule has 0 radical (unpaired) electrons. The van der Waals surface area contributed by atoms with Crippen LogP contribution in [0.2, 0.25) is 0 Å². The van der Waals surface area contributed by atoms with Crippen molar-refractivity contribution in [1.82, 2.24) is 10.9 Å². The van der Waals surface area contributed by atoms with Gasteiger partial charge in [-0.3, -0.25) is 9.59 Å². The summed E-state index contributed by atoms with van der Waals surface area (Å²) in [6.45, 7) is 0. The Morgan fingerprint density at radius 1 is 0.529 bits per heavy atom. The zero-order valence-electron chi connectivity index (χ0n) is 28.5. The van der Waals surface area contributed by atoms with E-state index in [-0.39, 0.29) is 23.3 Å². The lowest BCUT2D eigenvalue weighted by Crippen LogP contribution is -2.17. The molecule has 0 spiro atoms. The predicted molar refractivity (Wildman–Crippen MR) is 193 cm³/mol. The third-order valence-electron chi connectivity index (χ3n) is 7.41. The second kappa shape index (κ2) is 20.3. The molecule has 0 saturated heterocycles. The maximum absolute atomic E-state index is 12.4. The highest BCUT2D eigenvalue weighted by Gasteiger charge is 2.14. The van der Waals surface area contributed by atoms with Gasteiger partial charge in [-0.2, -0.15) is 10.2 Å². The molecule has 0 bridgehead atoms. The Bertz CT molecular complexity index is 1690. The molecule has 0 heterocycles. The molecule has 12 heteroatoms. The molecule has 0 aliphatic carbocycles. The van der Waals surface area contributed by atoms with E-state index < -0.39 is 11.9 Å². The van der Waals surface area contributed by atoms with Gasteiger partial charge in [-0.1, -0.05) is 55.7 Å². The Hall–Kier alpha value is -6.30. The van der Waals surface area contributed by atoms with E-state index >= 15 is 0 Å². The van der Waals surface area contributed by atoms with Gasteiger partial charge in [-0.25, -0.2) is 20.4 Å². The number of nitrogens with one attached hydrogen (secondary N) is 2. The van der Waals surface area contributed by atoms with Crippen molar-refractivity contribution in [2.75, 3.05) is 14.2 Å². The summed E-state index contributed by atoms with van der Waals surface area (Å²) >= 11 is 0. The Morgan fingerprint density at radius 2 is 0.922 bits per heavy atom. The summed E-state index contributed by atoms with van der Waals surface area (Å²) in [5.74, 6) is -0.153. The monoisotopic (exact) mass is 692 g/mol. The van der Waals surface area contributed by atoms with Crippen LogP contribution in [0.4, 0.5) is 0 Å². The SMILES string of the molecule is COc1cc(/C=N\NC(=O)CCCCCCCC(=O)N/N=C\c2ccc(OC(=O)c3ccccc3)c(OC)c2)ccc1OC(=O)c1ccccc1. The van der Waals surface area contributed by atoms with Crippen LogP contribution in [0.1, 0.15) is 76.8 Å². The number of rotatable bonds is 18. The van der Waals surface area contributed by atoms with Crippen LogP contribution < -0.4 is 29.8 Å². The lowest BCUT2D eigenvalue weighted by Gasteiger charge is -2.10. The first-order chi connectivity index (χ1) is 24.9. The Labute approximate surface area is 296 Å². The van der Waals surface area contributed by atoms with Crippen LogP contribution in [-0.2, 0) is 9.59 Å². The van der Waals surface area contributed by atoms with E-state index in [1.54, 1.807) is 84.9 Å². The van der Waals surface area contributed by atoms with Crippen molar-refractivity contribution in [3.8, 4) is 23.0 Å². The van der Waals surface area contributed by atoms with Gasteiger partial charge >= 0.3 is 11.9 Å². The van der Waals surface area contributed by atoms with Gasteiger partial charge in [0.2, 0.25) is 11.8 Å². The van der Waals surface area contributed by atoms with Crippen LogP contribution in [-0.4, -0.2) is 50.4 Å². The van der Waals surface area contributed by atoms with Gasteiger partial charge in [0.15, 0.2) is 23.0 Å². The highest BCUT2D eigenvalue weighted by molar-refractivity contribution is 5.92. The van der Waals surface area contributed by atoms with E-state index in [2.05, 4.69) is 21.1 Å². The third kappa shape index (κ3) is 12.6. The number of amides is 2. The van der Waals surface area contributed by atoms with Crippen molar-refractivity contribution >= 4 is 36.2 Å². The third-order valence-corrected chi connectivity index (χ3v) is 7.41. The first-order valence-electron chi connectivity index (χ1n) is 16.4. The van der Waals surface area contributed by atoms with E-state index in [1.807, 2.05) is 12.1 Å². The van der Waals surface area contributed by atoms with E-state index in [1.165, 1.54) is 26.6 Å². The van der Waals surface area contributed by atoms with Crippen molar-refractivity contribution in [3.05, 3.63) is 119 Å². The largest absolute Gasteiger partial charge is 0.493 e. The molecule has 4 aromatic rings. The summed E-state index contributed by atoms with van der Waals surface area (Å²) in [7, 11) is 2.94. The highest BCUT2D eigenvalue weighted by Crippen LogP contribution is 2.29. The number of nitrogens with zero attached hydrogens (tertiary/aromatic N) is 2. The van der Waals surface area contributed by atoms with Gasteiger partial charge in [0.1, 0.15) is 0 Å². The van der Waals surface area contributed by atoms with Crippen LogP contribution in [0, 0.1) is 0 Å². The molecular formula is C39H40N4O8. The molecule has 0 aliphatic rings. The minimum atomic E-state index is -0.498. The number of carbonyl (C=O) groups is 4. The number of esters is 2. The van der Waals surface area contributed by atoms with E-state index in [0.29, 0.717) is 59.4 Å². The molecule has 0 unspecified atom stereocenters. The van der Waals surface area contributed by atoms with Crippen molar-refractivity contribution in [1.29, 1.82) is 0 Å². The second-order valence-corrected chi connectivity index (χ2v) is 11.2. The van der Waals surface area contributed by atoms with E-state index in [0.717, 1.165) is 19.3 Å². The topological polar surface area (TPSA) is 154 Å². The highest BCUT2D eigenvalue weighted by atomic mass is 16.6. The summed E-state index contributed by atoms with van der Waals surface area (Å²) in [6, 6.07) is 27.2. The number of hydrogen-bond donors (Lipinski definition) is 2. The molecule has 0 aromatic heterocycles. The van der Waals surface area contributed by atoms with Crippen molar-refractivity contribution in [2.45, 2.75) is 44.9 Å². The molecule has 0 atom stereocenters. The Kier molecular flexibility index (Phi) is 14.9. The molecule has 51 heavy (non-hydrogen) atoms. The minimum absolute atomic E-state index is 0.204. The molecule has 2 amide bonds. The molecule has 0 saturated carbocycles. The predicted octanol–water partition coefficient (Wildman–Crippen LogP) is 6.47. The number of ether oxygens (including phenoxy) is 4. The summed E-state index contributed by atoms with van der Waals surface area (Å²) in [6.07, 6.45) is 7.58. The van der Waals surface area contributed by atoms with Crippen LogP contribution in [0.3, 0.4) is 0 Å². The summed E-state index contributed by atoms with van der Waals surface area (Å²) < 4.78 is 21.6. The average Bonchev–Trinajstić information content (AvgIpc) is 3.16. The molecule has 4 rings (SSSR count). The smallest absolute Gasteiger partial charge is 0.343 e. The zero-order chi connectivity index (χ0) is 36.3. The minimum Gasteiger partial charge on any atom is -0.493 e. The molecule has 2 N–H and O–H groups in total. The van der Waals surface area contributed by atoms with Gasteiger partial charge in [0.25, 0.3) is 0 Å². The summed E-state index contributed by atoms with van der Waals surface area (Å²) in [5.41, 5.74) is 7.19. The van der Waals surface area contributed by atoms with E-state index in [9.17, 15) is 19.2 Å². The Balaban J connectivity index is 1.07. The number of methoxy groups -OCH3 is 2. The average molecular weight is 693 g/mol. The molecule has 0 aliphatic heterocycles. The van der Waals surface area contributed by atoms with Gasteiger partial charge in [-0.15, -0.1) is 0 Å². The first-order valence-corrected chi connectivity index (χ1v) is 16.4. The van der Waals surface area contributed by atoms with Crippen molar-refractivity contribution in [2.24, 2.45) is 10.2 Å². The number of unbranched alkanes of at least 4 members (excludes halogenated alkanes) is 4. The number of hydrogen-bond acceptors (Lipinski definition) is 10. The fourth-order valence-corrected chi connectivity index (χ4v) is 4.73. The van der Waals surface area contributed by atoms with Crippen LogP contribution in [0.15, 0.2) is 107 Å². The van der Waals surface area contributed by atoms with Gasteiger partial charge in [0.05, 0.1) is 37.8 Å². The quantitative estimate of drug-likeness (QED) is 0.0395. The maximum Gasteiger partial charge on any atom is 0.343 e.